The third-order valence-electron chi connectivity index (χ3n) is 3.17. The highest BCUT2D eigenvalue weighted by Crippen LogP contribution is 2.16. The van der Waals surface area contributed by atoms with E-state index in [2.05, 4.69) is 10.4 Å². The second-order valence-electron chi connectivity index (χ2n) is 5.25. The van der Waals surface area contributed by atoms with Gasteiger partial charge < -0.3 is 10.1 Å². The highest BCUT2D eigenvalue weighted by molar-refractivity contribution is 6.06. The van der Waals surface area contributed by atoms with Gasteiger partial charge in [-0.2, -0.15) is 5.10 Å². The summed E-state index contributed by atoms with van der Waals surface area (Å²) in [6.07, 6.45) is 4.06. The number of rotatable bonds is 6. The molecule has 0 bridgehead atoms. The van der Waals surface area contributed by atoms with Crippen LogP contribution in [0, 0.1) is 0 Å². The molecule has 1 aliphatic rings. The van der Waals surface area contributed by atoms with Crippen LogP contribution >= 0.6 is 0 Å². The van der Waals surface area contributed by atoms with Crippen molar-refractivity contribution in [1.82, 2.24) is 20.0 Å². The smallest absolute Gasteiger partial charge is 0.325 e. The van der Waals surface area contributed by atoms with Crippen molar-refractivity contribution in [3.63, 3.8) is 0 Å². The first-order chi connectivity index (χ1) is 9.44. The summed E-state index contributed by atoms with van der Waals surface area (Å²) >= 11 is 0. The number of aryl methyl sites for hydroxylation is 1. The van der Waals surface area contributed by atoms with Crippen LogP contribution in [0.25, 0.3) is 0 Å². The topological polar surface area (TPSA) is 76.5 Å². The average molecular weight is 280 g/mol. The third-order valence-corrected chi connectivity index (χ3v) is 3.17. The van der Waals surface area contributed by atoms with Crippen LogP contribution in [0.4, 0.5) is 4.79 Å². The molecular formula is C13H20N4O3. The molecule has 0 aliphatic carbocycles. The maximum absolute atomic E-state index is 11.9. The number of hydrogen-bond donors (Lipinski definition) is 1. The molecule has 0 unspecified atom stereocenters. The molecule has 1 N–H and O–H groups in total. The number of urea groups is 1. The molecule has 1 saturated heterocycles. The highest BCUT2D eigenvalue weighted by Gasteiger charge is 2.43. The van der Waals surface area contributed by atoms with Crippen molar-refractivity contribution in [2.24, 2.45) is 0 Å². The number of carbonyl (C=O) groups is 2. The number of carbonyl (C=O) groups excluding carboxylic acids is 2. The lowest BCUT2D eigenvalue weighted by Crippen LogP contribution is -2.40. The standard InChI is InChI=1S/C13H20N4O3/c1-4-16-9-10(8-14-16)20-7-5-6-17-11(18)13(2,3)15-12(17)19/h8-9H,4-7H2,1-3H3,(H,15,19). The van der Waals surface area contributed by atoms with Gasteiger partial charge in [0.1, 0.15) is 5.54 Å². The Morgan fingerprint density at radius 3 is 2.70 bits per heavy atom. The molecule has 0 atom stereocenters. The number of amides is 3. The summed E-state index contributed by atoms with van der Waals surface area (Å²) in [7, 11) is 0. The largest absolute Gasteiger partial charge is 0.490 e. The number of nitrogens with zero attached hydrogens (tertiary/aromatic N) is 3. The SMILES string of the molecule is CCn1cc(OCCCN2C(=O)NC(C)(C)C2=O)cn1. The van der Waals surface area contributed by atoms with E-state index in [1.807, 2.05) is 13.1 Å². The molecule has 110 valence electrons. The first-order valence-corrected chi connectivity index (χ1v) is 6.73. The average Bonchev–Trinajstić information content (AvgIpc) is 2.91. The highest BCUT2D eigenvalue weighted by atomic mass is 16.5. The van der Waals surface area contributed by atoms with Gasteiger partial charge in [0.25, 0.3) is 5.91 Å². The van der Waals surface area contributed by atoms with Gasteiger partial charge in [0.15, 0.2) is 5.75 Å². The van der Waals surface area contributed by atoms with Crippen LogP contribution in [-0.2, 0) is 11.3 Å². The zero-order chi connectivity index (χ0) is 14.8. The molecule has 2 rings (SSSR count). The molecule has 7 nitrogen and oxygen atoms in total. The van der Waals surface area contributed by atoms with Gasteiger partial charge in [-0.3, -0.25) is 14.4 Å². The van der Waals surface area contributed by atoms with Crippen LogP contribution < -0.4 is 10.1 Å². The van der Waals surface area contributed by atoms with Gasteiger partial charge in [-0.1, -0.05) is 0 Å². The molecule has 1 aromatic heterocycles. The minimum atomic E-state index is -0.805. The summed E-state index contributed by atoms with van der Waals surface area (Å²) in [4.78, 5) is 24.8. The lowest BCUT2D eigenvalue weighted by molar-refractivity contribution is -0.130. The lowest BCUT2D eigenvalue weighted by atomic mass is 10.1. The monoisotopic (exact) mass is 280 g/mol. The normalized spacial score (nSPS) is 17.4. The molecule has 0 aromatic carbocycles. The number of ether oxygens (including phenoxy) is 1. The number of imide groups is 1. The van der Waals surface area contributed by atoms with Gasteiger partial charge in [-0.05, 0) is 27.2 Å². The van der Waals surface area contributed by atoms with Crippen molar-refractivity contribution in [2.45, 2.75) is 39.3 Å². The van der Waals surface area contributed by atoms with Crippen molar-refractivity contribution in [1.29, 1.82) is 0 Å². The first-order valence-electron chi connectivity index (χ1n) is 6.73. The second kappa shape index (κ2) is 5.52. The Kier molecular flexibility index (Phi) is 3.96. The zero-order valence-electron chi connectivity index (χ0n) is 12.0. The second-order valence-corrected chi connectivity index (χ2v) is 5.25. The Hall–Kier alpha value is -2.05. The molecule has 1 aliphatic heterocycles. The van der Waals surface area contributed by atoms with E-state index in [0.717, 1.165) is 6.54 Å². The molecule has 2 heterocycles. The lowest BCUT2D eigenvalue weighted by Gasteiger charge is -2.15. The minimum absolute atomic E-state index is 0.193. The Balaban J connectivity index is 1.76. The first kappa shape index (κ1) is 14.4. The van der Waals surface area contributed by atoms with E-state index < -0.39 is 5.54 Å². The van der Waals surface area contributed by atoms with Crippen molar-refractivity contribution in [2.75, 3.05) is 13.2 Å². The fourth-order valence-electron chi connectivity index (χ4n) is 2.03. The summed E-state index contributed by atoms with van der Waals surface area (Å²) in [5.41, 5.74) is -0.805. The van der Waals surface area contributed by atoms with Crippen LogP contribution in [0.1, 0.15) is 27.2 Å². The summed E-state index contributed by atoms with van der Waals surface area (Å²) in [6.45, 7) is 6.98. The fraction of sp³-hybridized carbons (Fsp3) is 0.615. The Labute approximate surface area is 117 Å². The van der Waals surface area contributed by atoms with E-state index in [0.29, 0.717) is 25.3 Å². The quantitative estimate of drug-likeness (QED) is 0.623. The van der Waals surface area contributed by atoms with E-state index in [1.54, 1.807) is 24.7 Å². The molecule has 0 radical (unpaired) electrons. The van der Waals surface area contributed by atoms with Gasteiger partial charge in [0.2, 0.25) is 0 Å². The van der Waals surface area contributed by atoms with Crippen molar-refractivity contribution in [3.8, 4) is 5.75 Å². The number of aromatic nitrogens is 2. The van der Waals surface area contributed by atoms with Crippen molar-refractivity contribution in [3.05, 3.63) is 12.4 Å². The zero-order valence-corrected chi connectivity index (χ0v) is 12.0. The minimum Gasteiger partial charge on any atom is -0.490 e. The van der Waals surface area contributed by atoms with Gasteiger partial charge in [-0.15, -0.1) is 0 Å². The van der Waals surface area contributed by atoms with Gasteiger partial charge in [0.05, 0.1) is 19.0 Å². The molecule has 20 heavy (non-hydrogen) atoms. The van der Waals surface area contributed by atoms with Crippen LogP contribution in [0.15, 0.2) is 12.4 Å². The molecule has 0 saturated carbocycles. The summed E-state index contributed by atoms with van der Waals surface area (Å²) in [6, 6.07) is -0.334. The molecular weight excluding hydrogens is 260 g/mol. The van der Waals surface area contributed by atoms with E-state index in [1.165, 1.54) is 4.90 Å². The van der Waals surface area contributed by atoms with Crippen LogP contribution in [0.3, 0.4) is 0 Å². The van der Waals surface area contributed by atoms with E-state index in [-0.39, 0.29) is 11.9 Å². The Bertz CT molecular complexity index is 509. The summed E-state index contributed by atoms with van der Waals surface area (Å²) in [5.74, 6) is 0.505. The van der Waals surface area contributed by atoms with E-state index in [4.69, 9.17) is 4.74 Å². The van der Waals surface area contributed by atoms with E-state index in [9.17, 15) is 9.59 Å². The van der Waals surface area contributed by atoms with Crippen LogP contribution in [-0.4, -0.2) is 45.3 Å². The van der Waals surface area contributed by atoms with Crippen LogP contribution in [0.2, 0.25) is 0 Å². The van der Waals surface area contributed by atoms with Crippen molar-refractivity contribution < 1.29 is 14.3 Å². The Morgan fingerprint density at radius 1 is 1.40 bits per heavy atom. The summed E-state index contributed by atoms with van der Waals surface area (Å²) < 4.78 is 7.29. The van der Waals surface area contributed by atoms with Gasteiger partial charge >= 0.3 is 6.03 Å². The molecule has 1 fully saturated rings. The molecule has 7 heteroatoms. The maximum Gasteiger partial charge on any atom is 0.325 e. The molecule has 3 amide bonds. The predicted molar refractivity (Wildman–Crippen MR) is 72.3 cm³/mol. The van der Waals surface area contributed by atoms with E-state index >= 15 is 0 Å². The van der Waals surface area contributed by atoms with Crippen molar-refractivity contribution >= 4 is 11.9 Å². The Morgan fingerprint density at radius 2 is 2.15 bits per heavy atom. The number of hydrogen-bond acceptors (Lipinski definition) is 4. The number of nitrogens with one attached hydrogen (secondary N) is 1. The van der Waals surface area contributed by atoms with Gasteiger partial charge in [-0.25, -0.2) is 4.79 Å². The molecule has 0 spiro atoms. The predicted octanol–water partition coefficient (Wildman–Crippen LogP) is 1.00. The van der Waals surface area contributed by atoms with Gasteiger partial charge in [0, 0.05) is 13.1 Å². The molecule has 1 aromatic rings. The maximum atomic E-state index is 11.9. The fourth-order valence-corrected chi connectivity index (χ4v) is 2.03. The van der Waals surface area contributed by atoms with Crippen LogP contribution in [0.5, 0.6) is 5.75 Å². The third kappa shape index (κ3) is 2.92. The summed E-state index contributed by atoms with van der Waals surface area (Å²) in [5, 5.41) is 6.74.